The van der Waals surface area contributed by atoms with Crippen LogP contribution in [0.5, 0.6) is 0 Å². The average Bonchev–Trinajstić information content (AvgIpc) is 3.32. The molecular weight excluding hydrogens is 439 g/mol. The number of aromatic nitrogens is 4. The van der Waals surface area contributed by atoms with Crippen LogP contribution >= 0.6 is 23.1 Å². The van der Waals surface area contributed by atoms with Crippen molar-refractivity contribution in [3.05, 3.63) is 65.2 Å². The van der Waals surface area contributed by atoms with Gasteiger partial charge in [0.15, 0.2) is 16.1 Å². The van der Waals surface area contributed by atoms with Gasteiger partial charge >= 0.3 is 0 Å². The molecule has 8 nitrogen and oxygen atoms in total. The van der Waals surface area contributed by atoms with Gasteiger partial charge in [0.2, 0.25) is 5.91 Å². The van der Waals surface area contributed by atoms with E-state index < -0.39 is 17.8 Å². The fraction of sp³-hybridized carbons (Fsp3) is 0.250. The summed E-state index contributed by atoms with van der Waals surface area (Å²) in [6.07, 6.45) is 1.67. The maximum absolute atomic E-state index is 13.9. The van der Waals surface area contributed by atoms with Crippen molar-refractivity contribution in [2.45, 2.75) is 31.6 Å². The van der Waals surface area contributed by atoms with Crippen molar-refractivity contribution in [3.63, 3.8) is 0 Å². The number of nitrogens with one attached hydrogen (secondary N) is 2. The molecule has 2 heterocycles. The Morgan fingerprint density at radius 2 is 2.13 bits per heavy atom. The summed E-state index contributed by atoms with van der Waals surface area (Å²) in [7, 11) is 0. The van der Waals surface area contributed by atoms with Crippen LogP contribution in [-0.2, 0) is 11.3 Å². The van der Waals surface area contributed by atoms with Crippen LogP contribution < -0.4 is 10.6 Å². The Hall–Kier alpha value is -3.05. The predicted octanol–water partition coefficient (Wildman–Crippen LogP) is 3.59. The zero-order valence-corrected chi connectivity index (χ0v) is 18.6. The Labute approximate surface area is 187 Å². The second-order valence-corrected chi connectivity index (χ2v) is 8.35. The minimum atomic E-state index is -0.600. The van der Waals surface area contributed by atoms with Crippen LogP contribution in [0, 0.1) is 12.7 Å². The number of carbonyl (C=O) groups is 2. The summed E-state index contributed by atoms with van der Waals surface area (Å²) < 4.78 is 15.6. The Morgan fingerprint density at radius 1 is 1.35 bits per heavy atom. The molecule has 3 aromatic rings. The van der Waals surface area contributed by atoms with E-state index >= 15 is 0 Å². The number of hydrogen-bond acceptors (Lipinski definition) is 7. The molecule has 0 bridgehead atoms. The number of aryl methyl sites for hydroxylation is 1. The fourth-order valence-electron chi connectivity index (χ4n) is 2.71. The van der Waals surface area contributed by atoms with Crippen LogP contribution in [0.2, 0.25) is 0 Å². The number of carbonyl (C=O) groups excluding carboxylic acids is 2. The number of benzene rings is 1. The van der Waals surface area contributed by atoms with E-state index in [1.54, 1.807) is 23.6 Å². The highest BCUT2D eigenvalue weighted by molar-refractivity contribution is 7.99. The monoisotopic (exact) mass is 460 g/mol. The number of halogens is 1. The minimum Gasteiger partial charge on any atom is -0.342 e. The van der Waals surface area contributed by atoms with Crippen LogP contribution in [0.3, 0.4) is 0 Å². The molecule has 0 saturated heterocycles. The highest BCUT2D eigenvalue weighted by Gasteiger charge is 2.21. The van der Waals surface area contributed by atoms with Gasteiger partial charge in [-0.25, -0.2) is 9.37 Å². The Bertz CT molecular complexity index is 1100. The summed E-state index contributed by atoms with van der Waals surface area (Å²) in [5, 5.41) is 16.7. The quantitative estimate of drug-likeness (QED) is 0.374. The maximum atomic E-state index is 13.9. The molecule has 0 spiro atoms. The lowest BCUT2D eigenvalue weighted by Gasteiger charge is -2.15. The molecule has 2 aromatic heterocycles. The van der Waals surface area contributed by atoms with Crippen LogP contribution in [0.25, 0.3) is 0 Å². The molecule has 162 valence electrons. The van der Waals surface area contributed by atoms with Gasteiger partial charge in [-0.2, -0.15) is 0 Å². The number of rotatable bonds is 9. The molecule has 1 atom stereocenters. The molecule has 0 aliphatic carbocycles. The topological polar surface area (TPSA) is 102 Å². The lowest BCUT2D eigenvalue weighted by Crippen LogP contribution is -2.29. The van der Waals surface area contributed by atoms with Crippen molar-refractivity contribution >= 4 is 40.0 Å². The van der Waals surface area contributed by atoms with Gasteiger partial charge in [0, 0.05) is 11.9 Å². The number of thiazole rings is 1. The van der Waals surface area contributed by atoms with E-state index in [9.17, 15) is 14.0 Å². The van der Waals surface area contributed by atoms with E-state index in [1.165, 1.54) is 41.3 Å². The zero-order valence-electron chi connectivity index (χ0n) is 17.0. The molecule has 0 aliphatic heterocycles. The Morgan fingerprint density at radius 3 is 2.81 bits per heavy atom. The standard InChI is InChI=1S/C20H21FN6O2S2/c1-4-9-27-17(13(3)23-18(29)14-7-5-6-8-15(14)21)25-26-20(27)31-11-16(28)24-19-22-12(2)10-30-19/h4-8,10,13H,1,9,11H2,2-3H3,(H,23,29)(H,22,24,28)/t13-/m1/s1. The van der Waals surface area contributed by atoms with E-state index in [4.69, 9.17) is 0 Å². The normalized spacial score (nSPS) is 11.7. The summed E-state index contributed by atoms with van der Waals surface area (Å²) in [5.41, 5.74) is 0.794. The highest BCUT2D eigenvalue weighted by Crippen LogP contribution is 2.22. The third kappa shape index (κ3) is 5.76. The summed E-state index contributed by atoms with van der Waals surface area (Å²) in [6.45, 7) is 7.71. The SMILES string of the molecule is C=CCn1c(SCC(=O)Nc2nc(C)cs2)nnc1[C@@H](C)NC(=O)c1ccccc1F. The highest BCUT2D eigenvalue weighted by atomic mass is 32.2. The number of hydrogen-bond donors (Lipinski definition) is 2. The second kappa shape index (κ2) is 10.3. The third-order valence-electron chi connectivity index (χ3n) is 4.11. The smallest absolute Gasteiger partial charge is 0.254 e. The van der Waals surface area contributed by atoms with Crippen molar-refractivity contribution in [1.29, 1.82) is 0 Å². The third-order valence-corrected chi connectivity index (χ3v) is 5.95. The summed E-state index contributed by atoms with van der Waals surface area (Å²) in [4.78, 5) is 28.8. The number of allylic oxidation sites excluding steroid dienone is 1. The molecule has 0 fully saturated rings. The second-order valence-electron chi connectivity index (χ2n) is 6.55. The summed E-state index contributed by atoms with van der Waals surface area (Å²) >= 11 is 2.57. The molecular formula is C20H21FN6O2S2. The van der Waals surface area contributed by atoms with Gasteiger partial charge in [-0.05, 0) is 26.0 Å². The number of amides is 2. The van der Waals surface area contributed by atoms with Crippen molar-refractivity contribution in [3.8, 4) is 0 Å². The Kier molecular flexibility index (Phi) is 7.53. The van der Waals surface area contributed by atoms with Gasteiger partial charge < -0.3 is 15.2 Å². The van der Waals surface area contributed by atoms with Gasteiger partial charge in [-0.15, -0.1) is 28.1 Å². The largest absolute Gasteiger partial charge is 0.342 e. The molecule has 0 saturated carbocycles. The van der Waals surface area contributed by atoms with Crippen LogP contribution in [0.15, 0.2) is 47.5 Å². The van der Waals surface area contributed by atoms with Crippen LogP contribution in [-0.4, -0.2) is 37.3 Å². The molecule has 0 unspecified atom stereocenters. The minimum absolute atomic E-state index is 0.0483. The van der Waals surface area contributed by atoms with E-state index in [-0.39, 0.29) is 17.2 Å². The zero-order chi connectivity index (χ0) is 22.4. The molecule has 11 heteroatoms. The van der Waals surface area contributed by atoms with Crippen LogP contribution in [0.1, 0.15) is 34.8 Å². The van der Waals surface area contributed by atoms with E-state index in [1.807, 2.05) is 12.3 Å². The summed E-state index contributed by atoms with van der Waals surface area (Å²) in [5.74, 6) is -0.773. The number of nitrogens with zero attached hydrogens (tertiary/aromatic N) is 4. The first kappa shape index (κ1) is 22.6. The Balaban J connectivity index is 1.67. The van der Waals surface area contributed by atoms with E-state index in [2.05, 4.69) is 32.4 Å². The van der Waals surface area contributed by atoms with Gasteiger partial charge in [0.1, 0.15) is 5.82 Å². The first-order valence-electron chi connectivity index (χ1n) is 9.33. The molecule has 31 heavy (non-hydrogen) atoms. The van der Waals surface area contributed by atoms with Crippen molar-refractivity contribution in [2.24, 2.45) is 0 Å². The lowest BCUT2D eigenvalue weighted by atomic mass is 10.2. The number of anilines is 1. The van der Waals surface area contributed by atoms with Gasteiger partial charge in [0.05, 0.1) is 23.1 Å². The number of thioether (sulfide) groups is 1. The van der Waals surface area contributed by atoms with Gasteiger partial charge in [0.25, 0.3) is 5.91 Å². The molecule has 0 radical (unpaired) electrons. The van der Waals surface area contributed by atoms with Crippen molar-refractivity contribution in [1.82, 2.24) is 25.1 Å². The summed E-state index contributed by atoms with van der Waals surface area (Å²) in [6, 6.07) is 5.21. The molecule has 1 aromatic carbocycles. The maximum Gasteiger partial charge on any atom is 0.254 e. The van der Waals surface area contributed by atoms with Crippen LogP contribution in [0.4, 0.5) is 9.52 Å². The molecule has 2 N–H and O–H groups in total. The first-order chi connectivity index (χ1) is 14.9. The molecule has 3 rings (SSSR count). The average molecular weight is 461 g/mol. The van der Waals surface area contributed by atoms with E-state index in [0.29, 0.717) is 22.7 Å². The van der Waals surface area contributed by atoms with Crippen molar-refractivity contribution in [2.75, 3.05) is 11.1 Å². The van der Waals surface area contributed by atoms with E-state index in [0.717, 1.165) is 5.69 Å². The first-order valence-corrected chi connectivity index (χ1v) is 11.2. The predicted molar refractivity (Wildman–Crippen MR) is 119 cm³/mol. The molecule has 0 aliphatic rings. The lowest BCUT2D eigenvalue weighted by molar-refractivity contribution is -0.113. The molecule has 2 amide bonds. The van der Waals surface area contributed by atoms with Gasteiger partial charge in [-0.1, -0.05) is 30.0 Å². The van der Waals surface area contributed by atoms with Gasteiger partial charge in [-0.3, -0.25) is 9.59 Å². The fourth-order valence-corrected chi connectivity index (χ4v) is 4.17. The van der Waals surface area contributed by atoms with Crippen molar-refractivity contribution < 1.29 is 14.0 Å².